The summed E-state index contributed by atoms with van der Waals surface area (Å²) in [6.07, 6.45) is 2.41. The van der Waals surface area contributed by atoms with Gasteiger partial charge in [-0.2, -0.15) is 8.42 Å². The van der Waals surface area contributed by atoms with Crippen LogP contribution in [0.15, 0.2) is 27.9 Å². The van der Waals surface area contributed by atoms with E-state index in [0.29, 0.717) is 43.2 Å². The molecule has 1 aromatic heterocycles. The van der Waals surface area contributed by atoms with Gasteiger partial charge in [0.1, 0.15) is 11.5 Å². The number of anilines is 1. The van der Waals surface area contributed by atoms with Gasteiger partial charge in [0, 0.05) is 35.6 Å². The van der Waals surface area contributed by atoms with Crippen LogP contribution in [0.2, 0.25) is 0 Å². The van der Waals surface area contributed by atoms with Crippen molar-refractivity contribution in [3.05, 3.63) is 35.1 Å². The van der Waals surface area contributed by atoms with Crippen LogP contribution >= 0.6 is 0 Å². The lowest BCUT2D eigenvalue weighted by molar-refractivity contribution is 0.0779. The van der Waals surface area contributed by atoms with Gasteiger partial charge in [-0.05, 0) is 19.9 Å². The molecule has 3 N–H and O–H groups in total. The molecule has 2 aliphatic rings. The fourth-order valence-corrected chi connectivity index (χ4v) is 4.06. The molecule has 0 saturated carbocycles. The Hall–Kier alpha value is -2.72. The van der Waals surface area contributed by atoms with Crippen molar-refractivity contribution < 1.29 is 32.2 Å². The highest BCUT2D eigenvalue weighted by Gasteiger charge is 2.30. The second-order valence-corrected chi connectivity index (χ2v) is 8.80. The van der Waals surface area contributed by atoms with Crippen LogP contribution in [0.1, 0.15) is 30.5 Å². The Morgan fingerprint density at radius 3 is 2.64 bits per heavy atom. The molecule has 9 nitrogen and oxygen atoms in total. The Balaban J connectivity index is 1.56. The minimum absolute atomic E-state index is 0.275. The molecule has 2 aromatic rings. The second-order valence-electron chi connectivity index (χ2n) is 7.19. The Labute approximate surface area is 161 Å². The highest BCUT2D eigenvalue weighted by Crippen LogP contribution is 2.44. The van der Waals surface area contributed by atoms with E-state index in [1.165, 1.54) is 19.9 Å². The van der Waals surface area contributed by atoms with Gasteiger partial charge in [0.25, 0.3) is 10.0 Å². The Kier molecular flexibility index (Phi) is 4.27. The topological polar surface area (TPSA) is 127 Å². The zero-order chi connectivity index (χ0) is 20.1. The molecule has 0 fully saturated rings. The molecule has 3 heterocycles. The standard InChI is InChI=1S/C18H20N2O7S/c1-18(2,22)11-8-14(27-9-11)28(23,24)20-17(21)19-15-12-4-6-25-13(12)7-10-3-5-26-16(10)15/h7-9,22H,3-6H2,1-2H3,(H2,19,20,21). The number of sulfonamides is 1. The lowest BCUT2D eigenvalue weighted by Crippen LogP contribution is -2.34. The van der Waals surface area contributed by atoms with E-state index in [2.05, 4.69) is 5.32 Å². The van der Waals surface area contributed by atoms with E-state index in [-0.39, 0.29) is 5.56 Å². The van der Waals surface area contributed by atoms with Gasteiger partial charge in [0.2, 0.25) is 5.09 Å². The number of carbonyl (C=O) groups is 1. The van der Waals surface area contributed by atoms with E-state index in [1.54, 1.807) is 0 Å². The zero-order valence-electron chi connectivity index (χ0n) is 15.4. The van der Waals surface area contributed by atoms with Crippen LogP contribution in [-0.2, 0) is 28.5 Å². The van der Waals surface area contributed by atoms with Crippen LogP contribution in [0.3, 0.4) is 0 Å². The van der Waals surface area contributed by atoms with Gasteiger partial charge < -0.3 is 24.3 Å². The number of hydrogen-bond acceptors (Lipinski definition) is 7. The minimum Gasteiger partial charge on any atom is -0.493 e. The summed E-state index contributed by atoms with van der Waals surface area (Å²) in [4.78, 5) is 12.4. The molecular formula is C18H20N2O7S. The molecule has 0 radical (unpaired) electrons. The van der Waals surface area contributed by atoms with E-state index in [4.69, 9.17) is 13.9 Å². The Morgan fingerprint density at radius 2 is 1.93 bits per heavy atom. The van der Waals surface area contributed by atoms with Crippen molar-refractivity contribution in [2.45, 2.75) is 37.4 Å². The zero-order valence-corrected chi connectivity index (χ0v) is 16.2. The largest absolute Gasteiger partial charge is 0.493 e. The Morgan fingerprint density at radius 1 is 1.18 bits per heavy atom. The first-order valence-corrected chi connectivity index (χ1v) is 10.2. The average Bonchev–Trinajstić information content (AvgIpc) is 3.33. The van der Waals surface area contributed by atoms with Crippen LogP contribution in [-0.4, -0.2) is 32.8 Å². The van der Waals surface area contributed by atoms with Crippen LogP contribution < -0.4 is 19.5 Å². The number of furan rings is 1. The fourth-order valence-electron chi connectivity index (χ4n) is 3.21. The van der Waals surface area contributed by atoms with Gasteiger partial charge in [-0.1, -0.05) is 0 Å². The van der Waals surface area contributed by atoms with Gasteiger partial charge in [-0.15, -0.1) is 0 Å². The van der Waals surface area contributed by atoms with E-state index in [0.717, 1.165) is 17.4 Å². The molecule has 0 spiro atoms. The molecule has 4 rings (SSSR count). The molecule has 0 bridgehead atoms. The summed E-state index contributed by atoms with van der Waals surface area (Å²) in [5.74, 6) is 1.21. The van der Waals surface area contributed by atoms with Crippen molar-refractivity contribution in [2.24, 2.45) is 0 Å². The number of nitrogens with one attached hydrogen (secondary N) is 2. The van der Waals surface area contributed by atoms with Crippen LogP contribution in [0.5, 0.6) is 11.5 Å². The third kappa shape index (κ3) is 3.29. The highest BCUT2D eigenvalue weighted by molar-refractivity contribution is 7.89. The van der Waals surface area contributed by atoms with Gasteiger partial charge in [0.15, 0.2) is 0 Å². The first-order chi connectivity index (χ1) is 13.1. The normalized spacial score (nSPS) is 15.4. The van der Waals surface area contributed by atoms with Gasteiger partial charge in [-0.3, -0.25) is 0 Å². The SMILES string of the molecule is CC(C)(O)c1coc(S(=O)(=O)NC(=O)Nc2c3c(cc4c2OCC4)OCC3)c1. The molecule has 0 saturated heterocycles. The maximum atomic E-state index is 12.4. The van der Waals surface area contributed by atoms with E-state index in [1.807, 2.05) is 10.8 Å². The number of benzene rings is 1. The van der Waals surface area contributed by atoms with Gasteiger partial charge in [-0.25, -0.2) is 9.52 Å². The molecule has 0 atom stereocenters. The molecule has 28 heavy (non-hydrogen) atoms. The van der Waals surface area contributed by atoms with Crippen molar-refractivity contribution >= 4 is 21.7 Å². The van der Waals surface area contributed by atoms with Crippen LogP contribution in [0, 0.1) is 0 Å². The third-order valence-electron chi connectivity index (χ3n) is 4.66. The summed E-state index contributed by atoms with van der Waals surface area (Å²) >= 11 is 0. The monoisotopic (exact) mass is 408 g/mol. The molecule has 0 unspecified atom stereocenters. The van der Waals surface area contributed by atoms with Gasteiger partial charge in [0.05, 0.1) is 30.8 Å². The number of urea groups is 1. The summed E-state index contributed by atoms with van der Waals surface area (Å²) in [5.41, 5.74) is 1.10. The number of ether oxygens (including phenoxy) is 2. The van der Waals surface area contributed by atoms with Crippen molar-refractivity contribution in [2.75, 3.05) is 18.5 Å². The second kappa shape index (κ2) is 6.42. The number of aliphatic hydroxyl groups is 1. The van der Waals surface area contributed by atoms with E-state index < -0.39 is 26.7 Å². The lowest BCUT2D eigenvalue weighted by Gasteiger charge is -2.14. The third-order valence-corrected chi connectivity index (χ3v) is 5.86. The lowest BCUT2D eigenvalue weighted by atomic mass is 10.0. The summed E-state index contributed by atoms with van der Waals surface area (Å²) < 4.78 is 43.0. The summed E-state index contributed by atoms with van der Waals surface area (Å²) in [6, 6.07) is 2.12. The smallest absolute Gasteiger partial charge is 0.333 e. The molecule has 10 heteroatoms. The van der Waals surface area contributed by atoms with Crippen LogP contribution in [0.4, 0.5) is 10.5 Å². The van der Waals surface area contributed by atoms with Crippen LogP contribution in [0.25, 0.3) is 0 Å². The molecule has 0 aliphatic carbocycles. The number of carbonyl (C=O) groups excluding carboxylic acids is 1. The minimum atomic E-state index is -4.26. The van der Waals surface area contributed by atoms with Gasteiger partial charge >= 0.3 is 6.03 Å². The predicted octanol–water partition coefficient (Wildman–Crippen LogP) is 1.89. The molecule has 2 aliphatic heterocycles. The first-order valence-electron chi connectivity index (χ1n) is 8.75. The fraction of sp³-hybridized carbons (Fsp3) is 0.389. The molecule has 150 valence electrons. The quantitative estimate of drug-likeness (QED) is 0.705. The van der Waals surface area contributed by atoms with Crippen molar-refractivity contribution in [1.29, 1.82) is 0 Å². The van der Waals surface area contributed by atoms with Crippen molar-refractivity contribution in [1.82, 2.24) is 4.72 Å². The molecule has 1 aromatic carbocycles. The Bertz CT molecular complexity index is 1020. The van der Waals surface area contributed by atoms with Crippen molar-refractivity contribution in [3.63, 3.8) is 0 Å². The van der Waals surface area contributed by atoms with E-state index in [9.17, 15) is 18.3 Å². The number of fused-ring (bicyclic) bond motifs is 2. The maximum absolute atomic E-state index is 12.4. The summed E-state index contributed by atoms with van der Waals surface area (Å²) in [5, 5.41) is 12.1. The molecule has 2 amide bonds. The number of hydrogen-bond donors (Lipinski definition) is 3. The van der Waals surface area contributed by atoms with Crippen molar-refractivity contribution in [3.8, 4) is 11.5 Å². The number of rotatable bonds is 4. The highest BCUT2D eigenvalue weighted by atomic mass is 32.2. The first kappa shape index (κ1) is 18.6. The summed E-state index contributed by atoms with van der Waals surface area (Å²) in [7, 11) is -4.26. The number of amides is 2. The molecular weight excluding hydrogens is 388 g/mol. The predicted molar refractivity (Wildman–Crippen MR) is 98.1 cm³/mol. The summed E-state index contributed by atoms with van der Waals surface area (Å²) in [6.45, 7) is 3.96. The van der Waals surface area contributed by atoms with E-state index >= 15 is 0 Å². The average molecular weight is 408 g/mol. The maximum Gasteiger partial charge on any atom is 0.333 e.